The molecule has 0 aliphatic carbocycles. The number of aromatic amines is 2. The third-order valence-corrected chi connectivity index (χ3v) is 16.2. The number of guanidine groups is 1. The Labute approximate surface area is 562 Å². The molecule has 2 aromatic heterocycles. The van der Waals surface area contributed by atoms with Gasteiger partial charge in [-0.05, 0) is 93.0 Å². The van der Waals surface area contributed by atoms with Crippen LogP contribution in [-0.4, -0.2) is 196 Å². The van der Waals surface area contributed by atoms with Gasteiger partial charge in [-0.1, -0.05) is 71.9 Å². The topological polar surface area (TPSA) is 464 Å². The summed E-state index contributed by atoms with van der Waals surface area (Å²) < 4.78 is 10.8. The van der Waals surface area contributed by atoms with E-state index in [2.05, 4.69) is 67.8 Å². The molecule has 31 nitrogen and oxygen atoms in total. The van der Waals surface area contributed by atoms with Crippen LogP contribution < -0.4 is 59.3 Å². The predicted octanol–water partition coefficient (Wildman–Crippen LogP) is -0.646. The van der Waals surface area contributed by atoms with Crippen LogP contribution in [0.3, 0.4) is 0 Å². The first kappa shape index (κ1) is 76.1. The Bertz CT molecular complexity index is 3400. The number of H-pyrrole nitrogens is 2. The van der Waals surface area contributed by atoms with Gasteiger partial charge in [0.25, 0.3) is 0 Å². The number of nitrogens with two attached hydrogens (primary N) is 2. The van der Waals surface area contributed by atoms with E-state index in [1.54, 1.807) is 65.1 Å². The molecule has 4 aromatic rings. The number of esters is 1. The number of Topliss-reactive ketones (excluding diaryl/α,β-unsaturated/α-hetero) is 1. The summed E-state index contributed by atoms with van der Waals surface area (Å²) in [5.41, 5.74) is 13.2. The number of aliphatic imine (C=N–C) groups is 1. The Balaban J connectivity index is 1.31. The van der Waals surface area contributed by atoms with Gasteiger partial charge in [0.2, 0.25) is 59.1 Å². The molecule has 2 fully saturated rings. The highest BCUT2D eigenvalue weighted by molar-refractivity contribution is 6.00. The Morgan fingerprint density at radius 2 is 1.28 bits per heavy atom. The molecule has 0 bridgehead atoms. The van der Waals surface area contributed by atoms with E-state index in [1.807, 2.05) is 13.8 Å². The van der Waals surface area contributed by atoms with Crippen molar-refractivity contribution in [1.82, 2.24) is 67.7 Å². The number of amides is 10. The van der Waals surface area contributed by atoms with Gasteiger partial charge in [-0.15, -0.1) is 0 Å². The molecule has 9 unspecified atom stereocenters. The maximum absolute atomic E-state index is 15.1. The summed E-state index contributed by atoms with van der Waals surface area (Å²) in [5.74, 6) is -9.95. The van der Waals surface area contributed by atoms with Crippen LogP contribution in [0.25, 0.3) is 10.9 Å². The van der Waals surface area contributed by atoms with Crippen molar-refractivity contribution in [2.75, 3.05) is 39.5 Å². The Morgan fingerprint density at radius 3 is 1.87 bits per heavy atom. The maximum Gasteiger partial charge on any atom is 0.332 e. The first-order valence-electron chi connectivity index (χ1n) is 32.8. The third kappa shape index (κ3) is 24.0. The van der Waals surface area contributed by atoms with Gasteiger partial charge < -0.3 is 88.8 Å². The molecule has 6 rings (SSSR count). The van der Waals surface area contributed by atoms with Crippen molar-refractivity contribution in [3.63, 3.8) is 0 Å². The SMILES string of the molecule is CCNC(=O)C1CCCN1C(=O)C(CCCN=C(N)N)NC(=O)C(CC(C)C)NC(=O)C(CC(C)C)NC(=O)C(Cc1ccc(O)cc1)NC(=O)C(COC(=O)COCC(=O)C(C)C)NC(=O)C(Cc1c[nH]c2ccccc12)NC(=O)C(Cc1cnc[nH]1)NC(=O)C1CCC(=O)N1. The van der Waals surface area contributed by atoms with Crippen molar-refractivity contribution in [2.45, 2.75) is 173 Å². The van der Waals surface area contributed by atoms with Crippen molar-refractivity contribution >= 4 is 87.7 Å². The molecular weight excluding hydrogens is 1260 g/mol. The summed E-state index contributed by atoms with van der Waals surface area (Å²) in [6, 6.07) is 0.750. The zero-order chi connectivity index (χ0) is 70.9. The van der Waals surface area contributed by atoms with E-state index < -0.39 is 133 Å². The largest absolute Gasteiger partial charge is 0.508 e. The van der Waals surface area contributed by atoms with Gasteiger partial charge in [-0.3, -0.25) is 57.7 Å². The number of nitrogens with zero attached hydrogens (tertiary/aromatic N) is 3. The second-order valence-corrected chi connectivity index (χ2v) is 25.4. The van der Waals surface area contributed by atoms with Crippen LogP contribution in [0.2, 0.25) is 0 Å². The lowest BCUT2D eigenvalue weighted by atomic mass is 9.98. The number of likely N-dealkylation sites (tertiary alicyclic amines) is 1. The number of phenolic OH excluding ortho intramolecular Hbond substituents is 1. The second-order valence-electron chi connectivity index (χ2n) is 25.4. The van der Waals surface area contributed by atoms with Gasteiger partial charge in [0.15, 0.2) is 11.7 Å². The standard InChI is InChI=1S/C66H94N16O15/c1-8-70-64(94)53-16-12-24-82(53)65(95)46(15-11-23-71-66(67)68)75-58(88)47(25-36(2)3)76-59(89)48(26-37(4)5)77-60(90)49(27-39-17-19-42(83)20-18-39)78-63(93)52(32-97-56(86)34-96-33-54(84)38(6)7)81-61(91)50(28-40-30-72-44-14-10-9-13-43(40)44)79-62(92)51(29-41-31-69-35-73-41)80-57(87)45-21-22-55(85)74-45/h9-10,13-14,17-20,30-31,35-38,45-53,72,83H,8,11-12,15-16,21-29,32-34H2,1-7H3,(H,69,73)(H,70,94)(H,74,85)(H,75,88)(H,76,89)(H,77,90)(H,78,93)(H,79,92)(H,80,87)(H,81,91)(H4,67,68,71). The van der Waals surface area contributed by atoms with Crippen LogP contribution >= 0.6 is 0 Å². The molecular formula is C66H94N16O15. The zero-order valence-corrected chi connectivity index (χ0v) is 56.0. The average Bonchev–Trinajstić information content (AvgIpc) is 1.78. The smallest absolute Gasteiger partial charge is 0.332 e. The van der Waals surface area contributed by atoms with Gasteiger partial charge in [-0.25, -0.2) is 9.78 Å². The van der Waals surface area contributed by atoms with Crippen LogP contribution in [0.5, 0.6) is 5.75 Å². The number of ketones is 1. The second kappa shape index (κ2) is 37.4. The first-order valence-corrected chi connectivity index (χ1v) is 32.8. The van der Waals surface area contributed by atoms with E-state index in [9.17, 15) is 48.3 Å². The molecule has 528 valence electrons. The number of ether oxygens (including phenoxy) is 2. The van der Waals surface area contributed by atoms with Gasteiger partial charge >= 0.3 is 5.97 Å². The zero-order valence-electron chi connectivity index (χ0n) is 56.0. The minimum absolute atomic E-state index is 0.0118. The number of para-hydroxylation sites is 1. The van der Waals surface area contributed by atoms with Gasteiger partial charge in [0, 0.05) is 80.2 Å². The molecule has 4 heterocycles. The van der Waals surface area contributed by atoms with Crippen LogP contribution in [0.4, 0.5) is 0 Å². The fraction of sp³-hybridized carbons (Fsp3) is 0.545. The van der Waals surface area contributed by atoms with Crippen molar-refractivity contribution < 1.29 is 72.1 Å². The number of phenols is 1. The summed E-state index contributed by atoms with van der Waals surface area (Å²) >= 11 is 0. The highest BCUT2D eigenvalue weighted by atomic mass is 16.6. The molecule has 0 saturated carbocycles. The summed E-state index contributed by atoms with van der Waals surface area (Å²) in [5, 5.41) is 35.3. The normalized spacial score (nSPS) is 16.6. The van der Waals surface area contributed by atoms with Crippen LogP contribution in [0, 0.1) is 17.8 Å². The molecule has 9 atom stereocenters. The lowest BCUT2D eigenvalue weighted by Gasteiger charge is -2.31. The first-order chi connectivity index (χ1) is 46.2. The lowest BCUT2D eigenvalue weighted by Crippen LogP contribution is -2.61. The van der Waals surface area contributed by atoms with Crippen molar-refractivity contribution in [1.29, 1.82) is 0 Å². The summed E-state index contributed by atoms with van der Waals surface area (Å²) in [6.45, 7) is 10.8. The third-order valence-electron chi connectivity index (χ3n) is 16.2. The van der Waals surface area contributed by atoms with E-state index in [0.29, 0.717) is 47.1 Å². The van der Waals surface area contributed by atoms with Crippen LogP contribution in [-0.2, 0) is 86.3 Å². The van der Waals surface area contributed by atoms with Crippen molar-refractivity contribution in [3.05, 3.63) is 84.1 Å². The molecule has 31 heteroatoms. The van der Waals surface area contributed by atoms with E-state index in [1.165, 1.54) is 41.7 Å². The number of nitrogens with one attached hydrogen (secondary N) is 11. The Hall–Kier alpha value is -9.94. The number of carbonyl (C=O) groups excluding carboxylic acids is 12. The number of carbonyl (C=O) groups is 12. The number of hydrogen-bond acceptors (Lipinski definition) is 17. The number of aromatic nitrogens is 3. The number of likely N-dealkylation sites (N-methyl/N-ethyl adjacent to an activating group) is 1. The minimum atomic E-state index is -1.88. The molecule has 97 heavy (non-hydrogen) atoms. The molecule has 0 radical (unpaired) electrons. The lowest BCUT2D eigenvalue weighted by molar-refractivity contribution is -0.152. The fourth-order valence-electron chi connectivity index (χ4n) is 11.1. The van der Waals surface area contributed by atoms with E-state index in [-0.39, 0.29) is 112 Å². The van der Waals surface area contributed by atoms with Gasteiger partial charge in [-0.2, -0.15) is 0 Å². The molecule has 10 amide bonds. The number of hydrogen-bond donors (Lipinski definition) is 14. The molecule has 2 aromatic carbocycles. The molecule has 2 aliphatic rings. The predicted molar refractivity (Wildman–Crippen MR) is 355 cm³/mol. The van der Waals surface area contributed by atoms with E-state index >= 15 is 14.4 Å². The summed E-state index contributed by atoms with van der Waals surface area (Å²) in [4.78, 5) is 183. The highest BCUT2D eigenvalue weighted by Crippen LogP contribution is 2.23. The summed E-state index contributed by atoms with van der Waals surface area (Å²) in [6.07, 6.45) is 5.28. The number of benzene rings is 2. The number of rotatable bonds is 38. The number of fused-ring (bicyclic) bond motifs is 1. The van der Waals surface area contributed by atoms with E-state index in [4.69, 9.17) is 20.9 Å². The Kier molecular flexibility index (Phi) is 29.3. The fourth-order valence-corrected chi connectivity index (χ4v) is 11.1. The van der Waals surface area contributed by atoms with Crippen molar-refractivity contribution in [3.8, 4) is 5.75 Å². The maximum atomic E-state index is 15.1. The molecule has 16 N–H and O–H groups in total. The highest BCUT2D eigenvalue weighted by Gasteiger charge is 2.40. The summed E-state index contributed by atoms with van der Waals surface area (Å²) in [7, 11) is 0. The van der Waals surface area contributed by atoms with Crippen LogP contribution in [0.15, 0.2) is 72.2 Å². The minimum Gasteiger partial charge on any atom is -0.508 e. The van der Waals surface area contributed by atoms with Gasteiger partial charge in [0.1, 0.15) is 79.9 Å². The Morgan fingerprint density at radius 1 is 0.691 bits per heavy atom. The number of aromatic hydroxyl groups is 1. The monoisotopic (exact) mass is 1350 g/mol. The van der Waals surface area contributed by atoms with Gasteiger partial charge in [0.05, 0.1) is 6.33 Å². The average molecular weight is 1350 g/mol. The molecule has 2 saturated heterocycles. The quantitative estimate of drug-likeness (QED) is 0.0115. The van der Waals surface area contributed by atoms with E-state index in [0.717, 1.165) is 0 Å². The molecule has 2 aliphatic heterocycles. The molecule has 0 spiro atoms. The van der Waals surface area contributed by atoms with Crippen molar-refractivity contribution in [2.24, 2.45) is 34.2 Å². The number of imidazole rings is 1. The van der Waals surface area contributed by atoms with Crippen LogP contribution in [0.1, 0.15) is 117 Å².